The van der Waals surface area contributed by atoms with Gasteiger partial charge in [-0.3, -0.25) is 9.69 Å². The van der Waals surface area contributed by atoms with Crippen LogP contribution in [0.25, 0.3) is 0 Å². The zero-order valence-corrected chi connectivity index (χ0v) is 17.8. The number of carbonyl (C=O) groups excluding carboxylic acids is 1. The molecule has 3 aromatic rings. The van der Waals surface area contributed by atoms with Crippen LogP contribution in [0.15, 0.2) is 48.5 Å². The van der Waals surface area contributed by atoms with Crippen LogP contribution in [0.5, 0.6) is 11.5 Å². The molecule has 0 unspecified atom stereocenters. The van der Waals surface area contributed by atoms with Crippen LogP contribution in [0.1, 0.15) is 33.2 Å². The molecule has 1 aliphatic carbocycles. The maximum Gasteiger partial charge on any atom is 0.286 e. The van der Waals surface area contributed by atoms with Gasteiger partial charge in [-0.25, -0.2) is 0 Å². The molecule has 4 rings (SSSR count). The monoisotopic (exact) mass is 424 g/mol. The van der Waals surface area contributed by atoms with E-state index in [1.165, 1.54) is 29.7 Å². The normalized spacial score (nSPS) is 13.3. The second kappa shape index (κ2) is 9.23. The molecule has 1 aliphatic rings. The predicted octanol–water partition coefficient (Wildman–Crippen LogP) is 3.97. The first-order valence-electron chi connectivity index (χ1n) is 9.79. The highest BCUT2D eigenvalue weighted by Gasteiger charge is 2.30. The van der Waals surface area contributed by atoms with Gasteiger partial charge in [0.1, 0.15) is 16.5 Å². The number of carbonyl (C=O) groups is 1. The van der Waals surface area contributed by atoms with E-state index in [1.807, 2.05) is 12.1 Å². The largest absolute Gasteiger partial charge is 0.497 e. The molecule has 7 nitrogen and oxygen atoms in total. The molecular weight excluding hydrogens is 400 g/mol. The predicted molar refractivity (Wildman–Crippen MR) is 116 cm³/mol. The van der Waals surface area contributed by atoms with Crippen molar-refractivity contribution in [2.24, 2.45) is 0 Å². The number of rotatable bonds is 9. The average molecular weight is 425 g/mol. The quantitative estimate of drug-likeness (QED) is 0.560. The van der Waals surface area contributed by atoms with Crippen LogP contribution in [0.3, 0.4) is 0 Å². The minimum Gasteiger partial charge on any atom is -0.497 e. The van der Waals surface area contributed by atoms with Gasteiger partial charge in [-0.05, 0) is 54.8 Å². The van der Waals surface area contributed by atoms with Gasteiger partial charge in [-0.15, -0.1) is 10.2 Å². The lowest BCUT2D eigenvalue weighted by Crippen LogP contribution is -2.25. The summed E-state index contributed by atoms with van der Waals surface area (Å²) in [5, 5.41) is 12.4. The van der Waals surface area contributed by atoms with Gasteiger partial charge in [0.15, 0.2) is 0 Å². The fourth-order valence-electron chi connectivity index (χ4n) is 3.16. The Balaban J connectivity index is 1.38. The van der Waals surface area contributed by atoms with Gasteiger partial charge in [0.25, 0.3) is 5.91 Å². The van der Waals surface area contributed by atoms with Crippen molar-refractivity contribution in [3.63, 3.8) is 0 Å². The number of hydrogen-bond acceptors (Lipinski definition) is 7. The van der Waals surface area contributed by atoms with Gasteiger partial charge in [-0.2, -0.15) is 0 Å². The first-order chi connectivity index (χ1) is 14.6. The summed E-state index contributed by atoms with van der Waals surface area (Å²) in [5.74, 6) is 1.34. The Kier molecular flexibility index (Phi) is 6.25. The van der Waals surface area contributed by atoms with E-state index < -0.39 is 0 Å². The third kappa shape index (κ3) is 5.14. The number of aromatic nitrogens is 2. The summed E-state index contributed by atoms with van der Waals surface area (Å²) in [4.78, 5) is 14.9. The third-order valence-electron chi connectivity index (χ3n) is 4.96. The highest BCUT2D eigenvalue weighted by Crippen LogP contribution is 2.30. The molecule has 1 heterocycles. The topological polar surface area (TPSA) is 76.6 Å². The maximum atomic E-state index is 12.5. The van der Waals surface area contributed by atoms with Gasteiger partial charge >= 0.3 is 0 Å². The zero-order chi connectivity index (χ0) is 20.9. The van der Waals surface area contributed by atoms with E-state index in [0.29, 0.717) is 23.3 Å². The molecule has 0 bridgehead atoms. The van der Waals surface area contributed by atoms with E-state index >= 15 is 0 Å². The molecule has 8 heteroatoms. The van der Waals surface area contributed by atoms with Crippen molar-refractivity contribution in [3.8, 4) is 11.5 Å². The first kappa shape index (κ1) is 20.3. The number of ether oxygens (including phenoxy) is 2. The molecule has 0 saturated heterocycles. The van der Waals surface area contributed by atoms with E-state index in [0.717, 1.165) is 23.1 Å². The van der Waals surface area contributed by atoms with Gasteiger partial charge in [0.05, 0.1) is 20.8 Å². The summed E-state index contributed by atoms with van der Waals surface area (Å²) < 4.78 is 10.4. The SMILES string of the molecule is COc1ccc(CN(Cc2nnc(C(=O)Nc3ccc(OC)cc3)s2)C2CC2)cc1. The number of amides is 1. The fourth-order valence-corrected chi connectivity index (χ4v) is 3.92. The van der Waals surface area contributed by atoms with Crippen molar-refractivity contribution in [2.75, 3.05) is 19.5 Å². The summed E-state index contributed by atoms with van der Waals surface area (Å²) in [6, 6.07) is 15.9. The summed E-state index contributed by atoms with van der Waals surface area (Å²) in [5.41, 5.74) is 1.92. The van der Waals surface area contributed by atoms with Crippen LogP contribution in [0.2, 0.25) is 0 Å². The number of hydrogen-bond donors (Lipinski definition) is 1. The molecule has 0 radical (unpaired) electrons. The van der Waals surface area contributed by atoms with Crippen LogP contribution >= 0.6 is 11.3 Å². The third-order valence-corrected chi connectivity index (χ3v) is 5.86. The van der Waals surface area contributed by atoms with Gasteiger partial charge in [0, 0.05) is 18.3 Å². The summed E-state index contributed by atoms with van der Waals surface area (Å²) in [7, 11) is 3.28. The number of nitrogens with zero attached hydrogens (tertiary/aromatic N) is 3. The minimum absolute atomic E-state index is 0.253. The van der Waals surface area contributed by atoms with E-state index in [1.54, 1.807) is 38.5 Å². The smallest absolute Gasteiger partial charge is 0.286 e. The lowest BCUT2D eigenvalue weighted by molar-refractivity contribution is 0.102. The molecule has 0 spiro atoms. The molecule has 1 amide bonds. The average Bonchev–Trinajstić information content (AvgIpc) is 3.52. The maximum absolute atomic E-state index is 12.5. The van der Waals surface area contributed by atoms with Crippen molar-refractivity contribution in [2.45, 2.75) is 32.0 Å². The Morgan fingerprint density at radius 3 is 2.23 bits per heavy atom. The molecule has 1 aromatic heterocycles. The second-order valence-electron chi connectivity index (χ2n) is 7.17. The van der Waals surface area contributed by atoms with Gasteiger partial charge < -0.3 is 14.8 Å². The highest BCUT2D eigenvalue weighted by molar-refractivity contribution is 7.13. The first-order valence-corrected chi connectivity index (χ1v) is 10.6. The zero-order valence-electron chi connectivity index (χ0n) is 17.0. The molecule has 30 heavy (non-hydrogen) atoms. The highest BCUT2D eigenvalue weighted by atomic mass is 32.1. The molecule has 0 atom stereocenters. The lowest BCUT2D eigenvalue weighted by atomic mass is 10.2. The van der Waals surface area contributed by atoms with Gasteiger partial charge in [-0.1, -0.05) is 23.5 Å². The van der Waals surface area contributed by atoms with Crippen molar-refractivity contribution < 1.29 is 14.3 Å². The summed E-state index contributed by atoms with van der Waals surface area (Å²) in [6.07, 6.45) is 2.39. The van der Waals surface area contributed by atoms with Crippen molar-refractivity contribution in [1.82, 2.24) is 15.1 Å². The van der Waals surface area contributed by atoms with Crippen molar-refractivity contribution in [1.29, 1.82) is 0 Å². The van der Waals surface area contributed by atoms with E-state index in [9.17, 15) is 4.79 Å². The fraction of sp³-hybridized carbons (Fsp3) is 0.318. The Bertz CT molecular complexity index is 984. The summed E-state index contributed by atoms with van der Waals surface area (Å²) >= 11 is 1.34. The number of nitrogens with one attached hydrogen (secondary N) is 1. The molecule has 1 N–H and O–H groups in total. The van der Waals surface area contributed by atoms with Crippen LogP contribution in [0, 0.1) is 0 Å². The molecule has 1 saturated carbocycles. The van der Waals surface area contributed by atoms with Crippen molar-refractivity contribution in [3.05, 3.63) is 64.1 Å². The number of methoxy groups -OCH3 is 2. The summed E-state index contributed by atoms with van der Waals surface area (Å²) in [6.45, 7) is 1.52. The lowest BCUT2D eigenvalue weighted by Gasteiger charge is -2.20. The Morgan fingerprint density at radius 2 is 1.63 bits per heavy atom. The van der Waals surface area contributed by atoms with Crippen LogP contribution < -0.4 is 14.8 Å². The van der Waals surface area contributed by atoms with E-state index in [-0.39, 0.29) is 5.91 Å². The van der Waals surface area contributed by atoms with Crippen LogP contribution in [-0.4, -0.2) is 41.3 Å². The molecular formula is C22H24N4O3S. The van der Waals surface area contributed by atoms with Crippen molar-refractivity contribution >= 4 is 22.9 Å². The Hall–Kier alpha value is -2.97. The molecule has 2 aromatic carbocycles. The van der Waals surface area contributed by atoms with E-state index in [4.69, 9.17) is 9.47 Å². The molecule has 156 valence electrons. The number of anilines is 1. The Labute approximate surface area is 179 Å². The van der Waals surface area contributed by atoms with Crippen LogP contribution in [0.4, 0.5) is 5.69 Å². The molecule has 1 fully saturated rings. The van der Waals surface area contributed by atoms with Crippen LogP contribution in [-0.2, 0) is 13.1 Å². The standard InChI is InChI=1S/C22H24N4O3S/c1-28-18-9-3-15(4-10-18)13-26(17-7-8-17)14-20-24-25-22(30-20)21(27)23-16-5-11-19(29-2)12-6-16/h3-6,9-12,17H,7-8,13-14H2,1-2H3,(H,23,27). The molecule has 0 aliphatic heterocycles. The Morgan fingerprint density at radius 1 is 1.00 bits per heavy atom. The second-order valence-corrected chi connectivity index (χ2v) is 8.23. The number of benzene rings is 2. The van der Waals surface area contributed by atoms with E-state index in [2.05, 4.69) is 32.5 Å². The van der Waals surface area contributed by atoms with Gasteiger partial charge in [0.2, 0.25) is 5.01 Å². The minimum atomic E-state index is -0.253.